The molecule has 1 atom stereocenters. The Morgan fingerprint density at radius 2 is 1.48 bits per heavy atom. The van der Waals surface area contributed by atoms with Gasteiger partial charge in [-0.15, -0.1) is 0 Å². The summed E-state index contributed by atoms with van der Waals surface area (Å²) in [6, 6.07) is 11.6. The van der Waals surface area contributed by atoms with Crippen LogP contribution in [0, 0.1) is 5.82 Å². The Morgan fingerprint density at radius 3 is 2.00 bits per heavy atom. The Hall–Kier alpha value is -2.51. The van der Waals surface area contributed by atoms with Gasteiger partial charge in [0.1, 0.15) is 5.82 Å². The van der Waals surface area contributed by atoms with Crippen molar-refractivity contribution in [3.8, 4) is 0 Å². The van der Waals surface area contributed by atoms with Gasteiger partial charge < -0.3 is 5.32 Å². The van der Waals surface area contributed by atoms with E-state index >= 15 is 0 Å². The summed E-state index contributed by atoms with van der Waals surface area (Å²) >= 11 is 0. The lowest BCUT2D eigenvalue weighted by Crippen LogP contribution is -2.51. The Balaban J connectivity index is 2.28. The second-order valence-corrected chi connectivity index (χ2v) is 5.34. The fraction of sp³-hybridized carbons (Fsp3) is 0.235. The Labute approximate surface area is 139 Å². The van der Waals surface area contributed by atoms with Gasteiger partial charge in [0.05, 0.1) is 6.04 Å². The van der Waals surface area contributed by atoms with E-state index in [1.54, 1.807) is 35.6 Å². The van der Waals surface area contributed by atoms with Gasteiger partial charge in [-0.3, -0.25) is 4.79 Å². The molecule has 1 unspecified atom stereocenters. The van der Waals surface area contributed by atoms with Crippen LogP contribution in [-0.2, 0) is 11.2 Å². The van der Waals surface area contributed by atoms with Gasteiger partial charge in [-0.05, 0) is 29.7 Å². The number of carbonyl (C=O) groups is 1. The number of rotatable bonds is 5. The van der Waals surface area contributed by atoms with Gasteiger partial charge in [-0.2, -0.15) is 22.0 Å². The molecule has 0 aliphatic rings. The number of carbonyl (C=O) groups excluding carboxylic acids is 1. The quantitative estimate of drug-likeness (QED) is 0.785. The van der Waals surface area contributed by atoms with Crippen molar-refractivity contribution in [1.29, 1.82) is 0 Å². The molecule has 2 aromatic carbocycles. The number of alkyl halides is 5. The minimum absolute atomic E-state index is 0.0356. The lowest BCUT2D eigenvalue weighted by Gasteiger charge is -2.24. The van der Waals surface area contributed by atoms with Crippen molar-refractivity contribution < 1.29 is 31.1 Å². The van der Waals surface area contributed by atoms with Crippen LogP contribution in [0.15, 0.2) is 54.6 Å². The van der Waals surface area contributed by atoms with Crippen molar-refractivity contribution in [1.82, 2.24) is 5.32 Å². The van der Waals surface area contributed by atoms with Crippen LogP contribution in [-0.4, -0.2) is 18.0 Å². The maximum atomic E-state index is 13.2. The molecule has 0 radical (unpaired) electrons. The Kier molecular flexibility index (Phi) is 5.39. The molecule has 25 heavy (non-hydrogen) atoms. The van der Waals surface area contributed by atoms with E-state index in [0.717, 1.165) is 12.1 Å². The molecule has 0 aliphatic heterocycles. The van der Waals surface area contributed by atoms with E-state index in [4.69, 9.17) is 0 Å². The summed E-state index contributed by atoms with van der Waals surface area (Å²) in [5, 5.41) is 1.72. The molecule has 0 heterocycles. The van der Waals surface area contributed by atoms with Crippen LogP contribution in [0.4, 0.5) is 26.3 Å². The highest BCUT2D eigenvalue weighted by Crippen LogP contribution is 2.36. The lowest BCUT2D eigenvalue weighted by atomic mass is 9.98. The molecular formula is C17H13F6NO. The van der Waals surface area contributed by atoms with E-state index in [9.17, 15) is 31.1 Å². The van der Waals surface area contributed by atoms with E-state index in [2.05, 4.69) is 0 Å². The van der Waals surface area contributed by atoms with Gasteiger partial charge in [0, 0.05) is 0 Å². The van der Waals surface area contributed by atoms with Crippen molar-refractivity contribution in [2.75, 3.05) is 0 Å². The van der Waals surface area contributed by atoms with Crippen LogP contribution in [0.1, 0.15) is 17.2 Å². The van der Waals surface area contributed by atoms with Crippen molar-refractivity contribution >= 4 is 5.91 Å². The standard InChI is InChI=1S/C17H13F6NO/c18-13-8-6-12(7-9-13)14(10-11-4-2-1-3-5-11)24-15(25)16(19,20)17(21,22)23/h1-9,14H,10H2,(H,24,25). The Morgan fingerprint density at radius 1 is 0.920 bits per heavy atom. The van der Waals surface area contributed by atoms with E-state index in [-0.39, 0.29) is 12.0 Å². The molecule has 1 N–H and O–H groups in total. The molecule has 0 fully saturated rings. The van der Waals surface area contributed by atoms with Crippen molar-refractivity contribution in [2.24, 2.45) is 0 Å². The number of halogens is 6. The van der Waals surface area contributed by atoms with Gasteiger partial charge >= 0.3 is 18.0 Å². The third kappa shape index (κ3) is 4.52. The molecule has 0 spiro atoms. The predicted octanol–water partition coefficient (Wildman–Crippen LogP) is 4.42. The molecule has 0 saturated heterocycles. The van der Waals surface area contributed by atoms with Crippen molar-refractivity contribution in [3.63, 3.8) is 0 Å². The van der Waals surface area contributed by atoms with Gasteiger partial charge in [0.2, 0.25) is 0 Å². The summed E-state index contributed by atoms with van der Waals surface area (Å²) in [4.78, 5) is 11.5. The molecule has 2 nitrogen and oxygen atoms in total. The van der Waals surface area contributed by atoms with Gasteiger partial charge in [-0.1, -0.05) is 42.5 Å². The molecule has 2 aromatic rings. The minimum atomic E-state index is -6.00. The van der Waals surface area contributed by atoms with Crippen LogP contribution >= 0.6 is 0 Å². The van der Waals surface area contributed by atoms with Gasteiger partial charge in [0.15, 0.2) is 0 Å². The van der Waals surface area contributed by atoms with Crippen molar-refractivity contribution in [2.45, 2.75) is 24.6 Å². The zero-order valence-electron chi connectivity index (χ0n) is 12.7. The third-order valence-corrected chi connectivity index (χ3v) is 3.50. The molecule has 0 saturated carbocycles. The predicted molar refractivity (Wildman–Crippen MR) is 78.4 cm³/mol. The maximum absolute atomic E-state index is 13.2. The number of hydrogen-bond acceptors (Lipinski definition) is 1. The second-order valence-electron chi connectivity index (χ2n) is 5.34. The fourth-order valence-electron chi connectivity index (χ4n) is 2.17. The Bertz CT molecular complexity index is 712. The molecule has 1 amide bonds. The van der Waals surface area contributed by atoms with E-state index in [0.29, 0.717) is 5.56 Å². The summed E-state index contributed by atoms with van der Waals surface area (Å²) in [5.41, 5.74) is 0.809. The van der Waals surface area contributed by atoms with Crippen molar-refractivity contribution in [3.05, 3.63) is 71.5 Å². The topological polar surface area (TPSA) is 29.1 Å². The third-order valence-electron chi connectivity index (χ3n) is 3.50. The van der Waals surface area contributed by atoms with Crippen LogP contribution in [0.25, 0.3) is 0 Å². The first-order chi connectivity index (χ1) is 11.6. The fourth-order valence-corrected chi connectivity index (χ4v) is 2.17. The summed E-state index contributed by atoms with van der Waals surface area (Å²) in [7, 11) is 0. The molecule has 0 aliphatic carbocycles. The first-order valence-electron chi connectivity index (χ1n) is 7.16. The van der Waals surface area contributed by atoms with E-state index in [1.165, 1.54) is 12.1 Å². The zero-order valence-corrected chi connectivity index (χ0v) is 12.7. The van der Waals surface area contributed by atoms with E-state index in [1.807, 2.05) is 0 Å². The average Bonchev–Trinajstić information content (AvgIpc) is 2.54. The SMILES string of the molecule is O=C(NC(Cc1ccccc1)c1ccc(F)cc1)C(F)(F)C(F)(F)F. The largest absolute Gasteiger partial charge is 0.463 e. The monoisotopic (exact) mass is 361 g/mol. The van der Waals surface area contributed by atoms with Gasteiger partial charge in [-0.25, -0.2) is 4.39 Å². The molecular weight excluding hydrogens is 348 g/mol. The second kappa shape index (κ2) is 7.16. The highest BCUT2D eigenvalue weighted by molar-refractivity contribution is 5.84. The number of hydrogen-bond donors (Lipinski definition) is 1. The lowest BCUT2D eigenvalue weighted by molar-refractivity contribution is -0.270. The summed E-state index contributed by atoms with van der Waals surface area (Å²) in [5.74, 6) is -8.58. The van der Waals surface area contributed by atoms with Crippen LogP contribution < -0.4 is 5.32 Å². The first-order valence-corrected chi connectivity index (χ1v) is 7.16. The minimum Gasteiger partial charge on any atom is -0.343 e. The molecule has 2 rings (SSSR count). The summed E-state index contributed by atoms with van der Waals surface area (Å²) < 4.78 is 76.5. The molecule has 0 aromatic heterocycles. The average molecular weight is 361 g/mol. The number of benzene rings is 2. The van der Waals surface area contributed by atoms with Crippen LogP contribution in [0.2, 0.25) is 0 Å². The zero-order chi connectivity index (χ0) is 18.7. The summed E-state index contributed by atoms with van der Waals surface area (Å²) in [6.07, 6.45) is -6.04. The number of amides is 1. The number of nitrogens with one attached hydrogen (secondary N) is 1. The molecule has 8 heteroatoms. The summed E-state index contributed by atoms with van der Waals surface area (Å²) in [6.45, 7) is 0. The molecule has 0 bridgehead atoms. The first kappa shape index (κ1) is 18.8. The smallest absolute Gasteiger partial charge is 0.343 e. The highest BCUT2D eigenvalue weighted by Gasteiger charge is 2.63. The van der Waals surface area contributed by atoms with Crippen LogP contribution in [0.3, 0.4) is 0 Å². The normalized spacial score (nSPS) is 13.4. The van der Waals surface area contributed by atoms with Gasteiger partial charge in [0.25, 0.3) is 0 Å². The molecule has 134 valence electrons. The maximum Gasteiger partial charge on any atom is 0.463 e. The van der Waals surface area contributed by atoms with Crippen LogP contribution in [0.5, 0.6) is 0 Å². The van der Waals surface area contributed by atoms with E-state index < -0.39 is 29.9 Å². The highest BCUT2D eigenvalue weighted by atomic mass is 19.4.